The quantitative estimate of drug-likeness (QED) is 0.0383. The Bertz CT molecular complexity index is 950. The highest BCUT2D eigenvalue weighted by molar-refractivity contribution is 4.90. The molecule has 2 saturated heterocycles. The zero-order chi connectivity index (χ0) is 46.6. The van der Waals surface area contributed by atoms with Crippen molar-refractivity contribution in [3.05, 3.63) is 0 Å². The largest absolute Gasteiger partial charge is 0.394 e. The molecule has 0 radical (unpaired) electrons. The summed E-state index contributed by atoms with van der Waals surface area (Å²) < 4.78 is 46.8. The maximum atomic E-state index is 10.6. The predicted octanol–water partition coefficient (Wildman–Crippen LogP) is 4.83. The van der Waals surface area contributed by atoms with E-state index in [9.17, 15) is 40.9 Å². The Balaban J connectivity index is 1.80. The van der Waals surface area contributed by atoms with Gasteiger partial charge in [0.1, 0.15) is 61.0 Å². The van der Waals surface area contributed by atoms with Gasteiger partial charge < -0.3 is 78.7 Å². The topological polar surface area (TPSA) is 236 Å². The monoisotopic (exact) mass is 927 g/mol. The van der Waals surface area contributed by atoms with Crippen LogP contribution in [0.5, 0.6) is 0 Å². The molecule has 0 bridgehead atoms. The first-order valence-electron chi connectivity index (χ1n) is 25.4. The van der Waals surface area contributed by atoms with Gasteiger partial charge in [0, 0.05) is 13.2 Å². The van der Waals surface area contributed by atoms with Gasteiger partial charge in [-0.05, 0) is 12.8 Å². The fraction of sp³-hybridized carbons (Fsp3) is 1.00. The summed E-state index contributed by atoms with van der Waals surface area (Å²) in [7, 11) is 0. The van der Waals surface area contributed by atoms with Crippen molar-refractivity contribution in [3.8, 4) is 0 Å². The van der Waals surface area contributed by atoms with Crippen molar-refractivity contribution in [2.24, 2.45) is 0 Å². The Labute approximate surface area is 385 Å². The zero-order valence-corrected chi connectivity index (χ0v) is 39.8. The fourth-order valence-corrected chi connectivity index (χ4v) is 8.06. The van der Waals surface area contributed by atoms with E-state index in [-0.39, 0.29) is 39.6 Å². The lowest BCUT2D eigenvalue weighted by Gasteiger charge is -2.40. The Hall–Kier alpha value is -0.640. The molecule has 0 aromatic carbocycles. The molecule has 8 N–H and O–H groups in total. The molecule has 2 rings (SSSR count). The first-order chi connectivity index (χ1) is 31.2. The molecule has 2 aliphatic rings. The standard InChI is InChI=1S/C48H94O16/c1-3-5-7-9-11-13-15-17-19-21-23-25-27-57-33-37(61-47-45(55)43(53)41(51)39(31-49)63-47)35-59-29-30-60-36-38(62-48-46(56)44(54)42(52)40(32-50)64-48)34-58-28-26-24-22-20-18-16-14-12-10-8-6-4-2/h37-56H,3-36H2,1-2H3/t37?,38?,39?,40?,41-,42-,43?,44?,45+,46+,47-,48-/m1/s1. The Morgan fingerprint density at radius 3 is 0.891 bits per heavy atom. The van der Waals surface area contributed by atoms with Crippen molar-refractivity contribution in [1.29, 1.82) is 0 Å². The number of hydrogen-bond acceptors (Lipinski definition) is 16. The summed E-state index contributed by atoms with van der Waals surface area (Å²) in [5.41, 5.74) is 0. The molecule has 12 atom stereocenters. The van der Waals surface area contributed by atoms with E-state index in [1.165, 1.54) is 116 Å². The molecule has 0 aromatic rings. The third-order valence-corrected chi connectivity index (χ3v) is 12.2. The van der Waals surface area contributed by atoms with Gasteiger partial charge in [-0.15, -0.1) is 0 Å². The normalized spacial score (nSPS) is 27.3. The number of aliphatic hydroxyl groups excluding tert-OH is 8. The molecule has 16 nitrogen and oxygen atoms in total. The summed E-state index contributed by atoms with van der Waals surface area (Å²) in [4.78, 5) is 0. The van der Waals surface area contributed by atoms with Crippen LogP contribution < -0.4 is 0 Å². The van der Waals surface area contributed by atoms with Gasteiger partial charge in [0.2, 0.25) is 0 Å². The van der Waals surface area contributed by atoms with Crippen LogP contribution in [0, 0.1) is 0 Å². The summed E-state index contributed by atoms with van der Waals surface area (Å²) in [6, 6.07) is 0. The van der Waals surface area contributed by atoms with Crippen LogP contribution >= 0.6 is 0 Å². The van der Waals surface area contributed by atoms with Crippen molar-refractivity contribution >= 4 is 0 Å². The van der Waals surface area contributed by atoms with Gasteiger partial charge in [0.25, 0.3) is 0 Å². The van der Waals surface area contributed by atoms with Gasteiger partial charge in [-0.25, -0.2) is 0 Å². The lowest BCUT2D eigenvalue weighted by atomic mass is 9.99. The molecule has 2 heterocycles. The first-order valence-corrected chi connectivity index (χ1v) is 25.4. The van der Waals surface area contributed by atoms with Gasteiger partial charge in [0.15, 0.2) is 12.6 Å². The van der Waals surface area contributed by atoms with Crippen molar-refractivity contribution in [3.63, 3.8) is 0 Å². The van der Waals surface area contributed by atoms with E-state index >= 15 is 0 Å². The van der Waals surface area contributed by atoms with E-state index in [1.54, 1.807) is 0 Å². The Morgan fingerprint density at radius 2 is 0.609 bits per heavy atom. The highest BCUT2D eigenvalue weighted by atomic mass is 16.7. The number of ether oxygens (including phenoxy) is 8. The highest BCUT2D eigenvalue weighted by Gasteiger charge is 2.46. The number of unbranched alkanes of at least 4 members (excludes halogenated alkanes) is 22. The summed E-state index contributed by atoms with van der Waals surface area (Å²) in [6.45, 7) is 4.84. The lowest BCUT2D eigenvalue weighted by molar-refractivity contribution is -0.317. The minimum Gasteiger partial charge on any atom is -0.394 e. The van der Waals surface area contributed by atoms with Gasteiger partial charge in [-0.2, -0.15) is 0 Å². The zero-order valence-electron chi connectivity index (χ0n) is 39.8. The third kappa shape index (κ3) is 26.2. The second kappa shape index (κ2) is 39.2. The average molecular weight is 927 g/mol. The molecule has 64 heavy (non-hydrogen) atoms. The van der Waals surface area contributed by atoms with Crippen LogP contribution in [0.15, 0.2) is 0 Å². The summed E-state index contributed by atoms with van der Waals surface area (Å²) in [6.07, 6.45) is 13.8. The predicted molar refractivity (Wildman–Crippen MR) is 243 cm³/mol. The molecule has 6 unspecified atom stereocenters. The highest BCUT2D eigenvalue weighted by Crippen LogP contribution is 2.25. The van der Waals surface area contributed by atoms with E-state index in [4.69, 9.17) is 37.9 Å². The van der Waals surface area contributed by atoms with E-state index in [1.807, 2.05) is 0 Å². The molecule has 2 fully saturated rings. The van der Waals surface area contributed by atoms with Crippen LogP contribution in [0.1, 0.15) is 168 Å². The van der Waals surface area contributed by atoms with Gasteiger partial charge in [-0.3, -0.25) is 0 Å². The van der Waals surface area contributed by atoms with Crippen molar-refractivity contribution in [2.45, 2.75) is 242 Å². The second-order valence-corrected chi connectivity index (χ2v) is 18.0. The van der Waals surface area contributed by atoms with Crippen LogP contribution in [0.4, 0.5) is 0 Å². The second-order valence-electron chi connectivity index (χ2n) is 18.0. The van der Waals surface area contributed by atoms with Crippen molar-refractivity contribution in [2.75, 3.05) is 66.1 Å². The molecule has 16 heteroatoms. The lowest BCUT2D eigenvalue weighted by Crippen LogP contribution is -2.60. The number of hydrogen-bond donors (Lipinski definition) is 8. The fourth-order valence-electron chi connectivity index (χ4n) is 8.06. The molecule has 2 aliphatic heterocycles. The molecular weight excluding hydrogens is 833 g/mol. The van der Waals surface area contributed by atoms with Crippen LogP contribution in [-0.2, 0) is 37.9 Å². The number of aliphatic hydroxyl groups is 8. The van der Waals surface area contributed by atoms with E-state index in [0.29, 0.717) is 13.2 Å². The van der Waals surface area contributed by atoms with E-state index in [2.05, 4.69) is 13.8 Å². The van der Waals surface area contributed by atoms with Gasteiger partial charge >= 0.3 is 0 Å². The van der Waals surface area contributed by atoms with E-state index < -0.39 is 86.8 Å². The summed E-state index contributed by atoms with van der Waals surface area (Å²) in [5.74, 6) is 0. The van der Waals surface area contributed by atoms with E-state index in [0.717, 1.165) is 38.5 Å². The van der Waals surface area contributed by atoms with Crippen LogP contribution in [0.2, 0.25) is 0 Å². The van der Waals surface area contributed by atoms with Crippen LogP contribution in [-0.4, -0.2) is 181 Å². The molecule has 0 saturated carbocycles. The molecule has 0 amide bonds. The van der Waals surface area contributed by atoms with Crippen LogP contribution in [0.3, 0.4) is 0 Å². The number of rotatable bonds is 43. The minimum absolute atomic E-state index is 0.0176. The molecule has 0 spiro atoms. The summed E-state index contributed by atoms with van der Waals surface area (Å²) in [5, 5.41) is 81.6. The first kappa shape index (κ1) is 59.5. The SMILES string of the molecule is CCCCCCCCCCCCCCOCC(COCCOCC(COCCCCCCCCCCCCCC)O[C@@H]1OC(CO)[C@@H](O)C(O)[C@@H]1O)O[C@@H]1OC(CO)[C@@H](O)C(O)[C@@H]1O. The van der Waals surface area contributed by atoms with Gasteiger partial charge in [-0.1, -0.05) is 155 Å². The molecular formula is C48H94O16. The minimum atomic E-state index is -1.58. The van der Waals surface area contributed by atoms with Crippen molar-refractivity contribution < 1.29 is 78.7 Å². The maximum Gasteiger partial charge on any atom is 0.187 e. The third-order valence-electron chi connectivity index (χ3n) is 12.2. The maximum absolute atomic E-state index is 10.6. The Morgan fingerprint density at radius 1 is 0.344 bits per heavy atom. The smallest absolute Gasteiger partial charge is 0.187 e. The summed E-state index contributed by atoms with van der Waals surface area (Å²) >= 11 is 0. The average Bonchev–Trinajstić information content (AvgIpc) is 3.30. The van der Waals surface area contributed by atoms with Crippen LogP contribution in [0.25, 0.3) is 0 Å². The molecule has 382 valence electrons. The Kier molecular flexibility index (Phi) is 36.5. The van der Waals surface area contributed by atoms with Gasteiger partial charge in [0.05, 0.1) is 52.9 Å². The molecule has 0 aliphatic carbocycles. The van der Waals surface area contributed by atoms with Crippen molar-refractivity contribution in [1.82, 2.24) is 0 Å². The molecule has 0 aromatic heterocycles.